The van der Waals surface area contributed by atoms with Crippen LogP contribution in [0.5, 0.6) is 0 Å². The average Bonchev–Trinajstić information content (AvgIpc) is 2.78. The number of piperidine rings is 1. The zero-order valence-corrected chi connectivity index (χ0v) is 19.2. The molecule has 1 heterocycles. The van der Waals surface area contributed by atoms with Crippen molar-refractivity contribution in [1.82, 2.24) is 14.9 Å². The smallest absolute Gasteiger partial charge is 0.319 e. The highest BCUT2D eigenvalue weighted by Gasteiger charge is 2.26. The van der Waals surface area contributed by atoms with Gasteiger partial charge in [-0.25, -0.2) is 13.2 Å². The molecule has 0 aliphatic carbocycles. The molecule has 9 heteroatoms. The molecule has 32 heavy (non-hydrogen) atoms. The molecule has 1 fully saturated rings. The number of benzene rings is 2. The van der Waals surface area contributed by atoms with Crippen LogP contribution in [0.15, 0.2) is 53.4 Å². The van der Waals surface area contributed by atoms with Crippen LogP contribution in [0.4, 0.5) is 10.5 Å². The van der Waals surface area contributed by atoms with Gasteiger partial charge >= 0.3 is 6.03 Å². The van der Waals surface area contributed by atoms with E-state index in [4.69, 9.17) is 0 Å². The van der Waals surface area contributed by atoms with Gasteiger partial charge in [0.25, 0.3) is 5.91 Å². The van der Waals surface area contributed by atoms with Crippen LogP contribution < -0.4 is 16.0 Å². The Labute approximate surface area is 189 Å². The van der Waals surface area contributed by atoms with Crippen molar-refractivity contribution in [2.75, 3.05) is 18.4 Å². The van der Waals surface area contributed by atoms with Crippen molar-refractivity contribution in [2.45, 2.75) is 50.6 Å². The Morgan fingerprint density at radius 2 is 1.69 bits per heavy atom. The molecule has 172 valence electrons. The van der Waals surface area contributed by atoms with Gasteiger partial charge in [-0.3, -0.25) is 4.79 Å². The fraction of sp³-hybridized carbons (Fsp3) is 0.391. The fourth-order valence-corrected chi connectivity index (χ4v) is 5.04. The first-order chi connectivity index (χ1) is 15.3. The fourth-order valence-electron chi connectivity index (χ4n) is 3.47. The van der Waals surface area contributed by atoms with Crippen molar-refractivity contribution < 1.29 is 18.0 Å². The summed E-state index contributed by atoms with van der Waals surface area (Å²) in [5.41, 5.74) is 1.80. The van der Waals surface area contributed by atoms with Crippen LogP contribution in [0.3, 0.4) is 0 Å². The van der Waals surface area contributed by atoms with Gasteiger partial charge in [0.2, 0.25) is 10.0 Å². The molecule has 1 aliphatic heterocycles. The summed E-state index contributed by atoms with van der Waals surface area (Å²) in [4.78, 5) is 24.5. The lowest BCUT2D eigenvalue weighted by Crippen LogP contribution is -2.35. The minimum atomic E-state index is -3.59. The van der Waals surface area contributed by atoms with Crippen LogP contribution in [-0.4, -0.2) is 43.8 Å². The molecule has 0 spiro atoms. The van der Waals surface area contributed by atoms with Gasteiger partial charge in [0, 0.05) is 36.9 Å². The Morgan fingerprint density at radius 1 is 1.00 bits per heavy atom. The summed E-state index contributed by atoms with van der Waals surface area (Å²) in [5, 5.41) is 8.30. The van der Waals surface area contributed by atoms with Gasteiger partial charge in [-0.2, -0.15) is 4.31 Å². The Balaban J connectivity index is 1.59. The maximum absolute atomic E-state index is 12.9. The standard InChI is InChI=1S/C23H30N4O4S/c1-17(2)25-23(29)26-20-11-9-18(10-12-20)16-24-22(28)19-7-6-8-21(15-19)32(30,31)27-13-4-3-5-14-27/h6-12,15,17H,3-5,13-14,16H2,1-2H3,(H,24,28)(H2,25,26,29). The van der Waals surface area contributed by atoms with E-state index in [1.54, 1.807) is 24.3 Å². The molecule has 0 aromatic heterocycles. The molecular weight excluding hydrogens is 428 g/mol. The van der Waals surface area contributed by atoms with Crippen molar-refractivity contribution >= 4 is 27.6 Å². The molecule has 3 amide bonds. The van der Waals surface area contributed by atoms with E-state index in [1.165, 1.54) is 16.4 Å². The molecule has 0 atom stereocenters. The second-order valence-electron chi connectivity index (χ2n) is 8.13. The van der Waals surface area contributed by atoms with Crippen LogP contribution in [0.25, 0.3) is 0 Å². The lowest BCUT2D eigenvalue weighted by Gasteiger charge is -2.26. The average molecular weight is 459 g/mol. The van der Waals surface area contributed by atoms with Gasteiger partial charge in [0.1, 0.15) is 0 Å². The third-order valence-corrected chi connectivity index (χ3v) is 7.03. The predicted molar refractivity (Wildman–Crippen MR) is 124 cm³/mol. The number of carbonyl (C=O) groups is 2. The number of urea groups is 1. The van der Waals surface area contributed by atoms with E-state index in [0.717, 1.165) is 24.8 Å². The molecule has 2 aromatic rings. The maximum atomic E-state index is 12.9. The van der Waals surface area contributed by atoms with Crippen LogP contribution in [0, 0.1) is 0 Å². The summed E-state index contributed by atoms with van der Waals surface area (Å²) in [6.45, 7) is 5.07. The van der Waals surface area contributed by atoms with Crippen LogP contribution in [-0.2, 0) is 16.6 Å². The highest BCUT2D eigenvalue weighted by atomic mass is 32.2. The van der Waals surface area contributed by atoms with Gasteiger partial charge in [-0.15, -0.1) is 0 Å². The Hall–Kier alpha value is -2.91. The van der Waals surface area contributed by atoms with Gasteiger partial charge in [0.15, 0.2) is 0 Å². The predicted octanol–water partition coefficient (Wildman–Crippen LogP) is 3.32. The SMILES string of the molecule is CC(C)NC(=O)Nc1ccc(CNC(=O)c2cccc(S(=O)(=O)N3CCCCC3)c2)cc1. The van der Waals surface area contributed by atoms with Crippen LogP contribution in [0.2, 0.25) is 0 Å². The van der Waals surface area contributed by atoms with Crippen LogP contribution >= 0.6 is 0 Å². The second kappa shape index (κ2) is 10.6. The molecule has 1 aliphatic rings. The van der Waals surface area contributed by atoms with Gasteiger partial charge in [-0.1, -0.05) is 24.6 Å². The van der Waals surface area contributed by atoms with E-state index in [2.05, 4.69) is 16.0 Å². The Morgan fingerprint density at radius 3 is 2.34 bits per heavy atom. The number of hydrogen-bond acceptors (Lipinski definition) is 4. The van der Waals surface area contributed by atoms with Gasteiger partial charge in [0.05, 0.1) is 4.90 Å². The van der Waals surface area contributed by atoms with Crippen molar-refractivity contribution in [2.24, 2.45) is 0 Å². The molecule has 3 rings (SSSR count). The quantitative estimate of drug-likeness (QED) is 0.591. The third kappa shape index (κ3) is 6.30. The number of anilines is 1. The Bertz CT molecular complexity index is 1050. The highest BCUT2D eigenvalue weighted by molar-refractivity contribution is 7.89. The van der Waals surface area contributed by atoms with E-state index in [9.17, 15) is 18.0 Å². The third-order valence-electron chi connectivity index (χ3n) is 5.13. The van der Waals surface area contributed by atoms with Crippen molar-refractivity contribution in [1.29, 1.82) is 0 Å². The van der Waals surface area contributed by atoms with E-state index in [1.807, 2.05) is 26.0 Å². The molecule has 3 N–H and O–H groups in total. The Kier molecular flexibility index (Phi) is 7.87. The minimum Gasteiger partial charge on any atom is -0.348 e. The maximum Gasteiger partial charge on any atom is 0.319 e. The normalized spacial score (nSPS) is 14.7. The number of carbonyl (C=O) groups excluding carboxylic acids is 2. The number of nitrogens with one attached hydrogen (secondary N) is 3. The lowest BCUT2D eigenvalue weighted by molar-refractivity contribution is 0.0950. The molecular formula is C23H30N4O4S. The van der Waals surface area contributed by atoms with Crippen molar-refractivity contribution in [3.05, 3.63) is 59.7 Å². The first-order valence-corrected chi connectivity index (χ1v) is 12.2. The second-order valence-corrected chi connectivity index (χ2v) is 10.1. The van der Waals surface area contributed by atoms with E-state index >= 15 is 0 Å². The topological polar surface area (TPSA) is 108 Å². The summed E-state index contributed by atoms with van der Waals surface area (Å²) in [6, 6.07) is 13.0. The molecule has 8 nitrogen and oxygen atoms in total. The number of nitrogens with zero attached hydrogens (tertiary/aromatic N) is 1. The van der Waals surface area contributed by atoms with E-state index in [0.29, 0.717) is 24.3 Å². The van der Waals surface area contributed by atoms with Crippen molar-refractivity contribution in [3.63, 3.8) is 0 Å². The lowest BCUT2D eigenvalue weighted by atomic mass is 10.2. The molecule has 0 unspecified atom stereocenters. The zero-order chi connectivity index (χ0) is 23.1. The molecule has 2 aromatic carbocycles. The summed E-state index contributed by atoms with van der Waals surface area (Å²) in [7, 11) is -3.59. The molecule has 1 saturated heterocycles. The summed E-state index contributed by atoms with van der Waals surface area (Å²) in [5.74, 6) is -0.348. The van der Waals surface area contributed by atoms with Gasteiger partial charge < -0.3 is 16.0 Å². The summed E-state index contributed by atoms with van der Waals surface area (Å²) >= 11 is 0. The number of rotatable bonds is 7. The molecule has 0 saturated carbocycles. The first-order valence-electron chi connectivity index (χ1n) is 10.8. The molecule has 0 bridgehead atoms. The minimum absolute atomic E-state index is 0.0397. The van der Waals surface area contributed by atoms with Gasteiger partial charge in [-0.05, 0) is 62.6 Å². The largest absolute Gasteiger partial charge is 0.348 e. The zero-order valence-electron chi connectivity index (χ0n) is 18.4. The van der Waals surface area contributed by atoms with E-state index < -0.39 is 10.0 Å². The highest BCUT2D eigenvalue weighted by Crippen LogP contribution is 2.21. The van der Waals surface area contributed by atoms with Crippen molar-refractivity contribution in [3.8, 4) is 0 Å². The van der Waals surface area contributed by atoms with Crippen LogP contribution in [0.1, 0.15) is 49.0 Å². The summed E-state index contributed by atoms with van der Waals surface area (Å²) in [6.07, 6.45) is 2.75. The number of sulfonamides is 1. The van der Waals surface area contributed by atoms with E-state index in [-0.39, 0.29) is 29.4 Å². The monoisotopic (exact) mass is 458 g/mol. The first kappa shape index (κ1) is 23.7. The number of amides is 3. The number of hydrogen-bond donors (Lipinski definition) is 3. The molecule has 0 radical (unpaired) electrons. The summed E-state index contributed by atoms with van der Waals surface area (Å²) < 4.78 is 27.2.